The smallest absolute Gasteiger partial charge is 0.150 e. The highest BCUT2D eigenvalue weighted by Gasteiger charge is 2.35. The number of benzene rings is 1. The van der Waals surface area contributed by atoms with Gasteiger partial charge in [0.15, 0.2) is 0 Å². The molecular weight excluding hydrogens is 216 g/mol. The lowest BCUT2D eigenvalue weighted by Crippen LogP contribution is -2.37. The lowest BCUT2D eigenvalue weighted by molar-refractivity contribution is -0.0723. The van der Waals surface area contributed by atoms with Gasteiger partial charge in [0.05, 0.1) is 12.2 Å². The fourth-order valence-electron chi connectivity index (χ4n) is 2.35. The van der Waals surface area contributed by atoms with E-state index in [0.717, 1.165) is 31.3 Å². The fourth-order valence-corrected chi connectivity index (χ4v) is 2.35. The summed E-state index contributed by atoms with van der Waals surface area (Å²) in [6, 6.07) is 7.16. The summed E-state index contributed by atoms with van der Waals surface area (Å²) >= 11 is 0. The maximum atomic E-state index is 10.8. The first-order chi connectivity index (χ1) is 8.14. The number of hydrogen-bond acceptors (Lipinski definition) is 3. The zero-order valence-corrected chi connectivity index (χ0v) is 10.1. The molecule has 1 aromatic carbocycles. The predicted octanol–water partition coefficient (Wildman–Crippen LogP) is 2.13. The SMILES string of the molecule is CC(O)(c1cccc(C=O)c1)C1CCCOC1. The van der Waals surface area contributed by atoms with Crippen molar-refractivity contribution in [2.45, 2.75) is 25.4 Å². The lowest BCUT2D eigenvalue weighted by atomic mass is 9.79. The third-order valence-electron chi connectivity index (χ3n) is 3.56. The molecule has 92 valence electrons. The Balaban J connectivity index is 2.25. The minimum absolute atomic E-state index is 0.0955. The van der Waals surface area contributed by atoms with Gasteiger partial charge in [-0.1, -0.05) is 18.2 Å². The highest BCUT2D eigenvalue weighted by molar-refractivity contribution is 5.75. The first-order valence-corrected chi connectivity index (χ1v) is 6.00. The van der Waals surface area contributed by atoms with Crippen LogP contribution >= 0.6 is 0 Å². The van der Waals surface area contributed by atoms with Gasteiger partial charge in [0.1, 0.15) is 6.29 Å². The van der Waals surface area contributed by atoms with E-state index >= 15 is 0 Å². The van der Waals surface area contributed by atoms with E-state index in [1.54, 1.807) is 25.1 Å². The van der Waals surface area contributed by atoms with Crippen molar-refractivity contribution < 1.29 is 14.6 Å². The number of carbonyl (C=O) groups excluding carboxylic acids is 1. The van der Waals surface area contributed by atoms with Gasteiger partial charge in [0.25, 0.3) is 0 Å². The van der Waals surface area contributed by atoms with Crippen LogP contribution in [0.2, 0.25) is 0 Å². The van der Waals surface area contributed by atoms with Gasteiger partial charge in [0.2, 0.25) is 0 Å². The normalized spacial score (nSPS) is 24.0. The minimum atomic E-state index is -0.931. The Bertz CT molecular complexity index is 392. The molecule has 0 amide bonds. The number of hydrogen-bond donors (Lipinski definition) is 1. The molecule has 17 heavy (non-hydrogen) atoms. The van der Waals surface area contributed by atoms with Crippen molar-refractivity contribution in [3.05, 3.63) is 35.4 Å². The van der Waals surface area contributed by atoms with Crippen LogP contribution in [-0.2, 0) is 10.3 Å². The molecule has 0 saturated carbocycles. The van der Waals surface area contributed by atoms with E-state index in [-0.39, 0.29) is 5.92 Å². The molecule has 1 saturated heterocycles. The van der Waals surface area contributed by atoms with Crippen molar-refractivity contribution in [3.8, 4) is 0 Å². The molecule has 0 aliphatic carbocycles. The average Bonchev–Trinajstić information content (AvgIpc) is 2.40. The van der Waals surface area contributed by atoms with Crippen molar-refractivity contribution in [1.29, 1.82) is 0 Å². The van der Waals surface area contributed by atoms with E-state index < -0.39 is 5.60 Å². The Hall–Kier alpha value is -1.19. The third kappa shape index (κ3) is 2.56. The average molecular weight is 234 g/mol. The second kappa shape index (κ2) is 4.98. The molecule has 1 N–H and O–H groups in total. The predicted molar refractivity (Wildman–Crippen MR) is 64.9 cm³/mol. The first kappa shape index (κ1) is 12.3. The zero-order valence-electron chi connectivity index (χ0n) is 10.1. The highest BCUT2D eigenvalue weighted by Crippen LogP contribution is 2.34. The maximum absolute atomic E-state index is 10.8. The molecule has 2 atom stereocenters. The van der Waals surface area contributed by atoms with Gasteiger partial charge in [-0.25, -0.2) is 0 Å². The highest BCUT2D eigenvalue weighted by atomic mass is 16.5. The molecule has 0 aromatic heterocycles. The summed E-state index contributed by atoms with van der Waals surface area (Å²) in [4.78, 5) is 10.8. The molecule has 0 spiro atoms. The van der Waals surface area contributed by atoms with Crippen molar-refractivity contribution in [3.63, 3.8) is 0 Å². The standard InChI is InChI=1S/C14H18O3/c1-14(16,13-6-3-7-17-10-13)12-5-2-4-11(8-12)9-15/h2,4-5,8-9,13,16H,3,6-7,10H2,1H3. The number of rotatable bonds is 3. The van der Waals surface area contributed by atoms with E-state index in [2.05, 4.69) is 0 Å². The monoisotopic (exact) mass is 234 g/mol. The minimum Gasteiger partial charge on any atom is -0.385 e. The summed E-state index contributed by atoms with van der Waals surface area (Å²) in [5.41, 5.74) is 0.455. The van der Waals surface area contributed by atoms with Crippen molar-refractivity contribution in [1.82, 2.24) is 0 Å². The molecule has 0 radical (unpaired) electrons. The Morgan fingerprint density at radius 1 is 1.53 bits per heavy atom. The van der Waals surface area contributed by atoms with Gasteiger partial charge in [0, 0.05) is 18.1 Å². The number of carbonyl (C=O) groups is 1. The molecule has 2 unspecified atom stereocenters. The van der Waals surface area contributed by atoms with Crippen LogP contribution in [-0.4, -0.2) is 24.6 Å². The summed E-state index contributed by atoms with van der Waals surface area (Å²) < 4.78 is 5.42. The summed E-state index contributed by atoms with van der Waals surface area (Å²) in [5.74, 6) is 0.0955. The molecule has 1 aromatic rings. The van der Waals surface area contributed by atoms with Crippen LogP contribution in [0.4, 0.5) is 0 Å². The molecule has 3 nitrogen and oxygen atoms in total. The summed E-state index contributed by atoms with van der Waals surface area (Å²) in [7, 11) is 0. The summed E-state index contributed by atoms with van der Waals surface area (Å²) in [6.07, 6.45) is 2.74. The van der Waals surface area contributed by atoms with Crippen molar-refractivity contribution in [2.75, 3.05) is 13.2 Å². The Morgan fingerprint density at radius 2 is 2.35 bits per heavy atom. The second-order valence-electron chi connectivity index (χ2n) is 4.80. The van der Waals surface area contributed by atoms with Crippen LogP contribution in [0.1, 0.15) is 35.7 Å². The van der Waals surface area contributed by atoms with Gasteiger partial charge in [-0.2, -0.15) is 0 Å². The topological polar surface area (TPSA) is 46.5 Å². The largest absolute Gasteiger partial charge is 0.385 e. The van der Waals surface area contributed by atoms with E-state index in [4.69, 9.17) is 4.74 Å². The van der Waals surface area contributed by atoms with Crippen LogP contribution < -0.4 is 0 Å². The number of aliphatic hydroxyl groups is 1. The van der Waals surface area contributed by atoms with Gasteiger partial charge >= 0.3 is 0 Å². The molecule has 2 rings (SSSR count). The van der Waals surface area contributed by atoms with Gasteiger partial charge in [-0.3, -0.25) is 4.79 Å². The van der Waals surface area contributed by atoms with E-state index in [1.165, 1.54) is 0 Å². The number of aldehydes is 1. The van der Waals surface area contributed by atoms with Crippen molar-refractivity contribution >= 4 is 6.29 Å². The van der Waals surface area contributed by atoms with Gasteiger partial charge in [-0.15, -0.1) is 0 Å². The first-order valence-electron chi connectivity index (χ1n) is 6.00. The van der Waals surface area contributed by atoms with E-state index in [1.807, 2.05) is 6.07 Å². The fraction of sp³-hybridized carbons (Fsp3) is 0.500. The quantitative estimate of drug-likeness (QED) is 0.815. The maximum Gasteiger partial charge on any atom is 0.150 e. The molecule has 1 heterocycles. The Kier molecular flexibility index (Phi) is 3.60. The Labute approximate surface area is 101 Å². The Morgan fingerprint density at radius 3 is 3.00 bits per heavy atom. The van der Waals surface area contributed by atoms with Crippen LogP contribution in [0.5, 0.6) is 0 Å². The molecule has 1 fully saturated rings. The van der Waals surface area contributed by atoms with Gasteiger partial charge < -0.3 is 9.84 Å². The zero-order chi connectivity index (χ0) is 12.3. The second-order valence-corrected chi connectivity index (χ2v) is 4.80. The molecule has 0 bridgehead atoms. The van der Waals surface area contributed by atoms with Crippen LogP contribution in [0.3, 0.4) is 0 Å². The molecular formula is C14H18O3. The van der Waals surface area contributed by atoms with Crippen LogP contribution in [0, 0.1) is 5.92 Å². The van der Waals surface area contributed by atoms with Crippen molar-refractivity contribution in [2.24, 2.45) is 5.92 Å². The van der Waals surface area contributed by atoms with Crippen LogP contribution in [0.25, 0.3) is 0 Å². The summed E-state index contributed by atoms with van der Waals surface area (Å²) in [5, 5.41) is 10.6. The van der Waals surface area contributed by atoms with E-state index in [9.17, 15) is 9.90 Å². The lowest BCUT2D eigenvalue weighted by Gasteiger charge is -2.35. The van der Waals surface area contributed by atoms with E-state index in [0.29, 0.717) is 12.2 Å². The molecule has 1 aliphatic rings. The van der Waals surface area contributed by atoms with Crippen LogP contribution in [0.15, 0.2) is 24.3 Å². The molecule has 3 heteroatoms. The third-order valence-corrected chi connectivity index (χ3v) is 3.56. The molecule has 1 aliphatic heterocycles. The number of ether oxygens (including phenoxy) is 1. The summed E-state index contributed by atoms with van der Waals surface area (Å²) in [6.45, 7) is 3.16. The van der Waals surface area contributed by atoms with Gasteiger partial charge in [-0.05, 0) is 31.4 Å².